The van der Waals surface area contributed by atoms with Crippen LogP contribution in [0.15, 0.2) is 58.8 Å². The Morgan fingerprint density at radius 3 is 1.91 bits per heavy atom. The fourth-order valence-electron chi connectivity index (χ4n) is 4.40. The number of nitrogens with zero attached hydrogens (tertiary/aromatic N) is 6. The van der Waals surface area contributed by atoms with E-state index in [-0.39, 0.29) is 47.2 Å². The molecule has 3 aromatic carbocycles. The highest BCUT2D eigenvalue weighted by atomic mass is 16.6. The van der Waals surface area contributed by atoms with Crippen LogP contribution in [0, 0.1) is 0 Å². The molecular weight excluding hydrogens is 428 g/mol. The van der Waals surface area contributed by atoms with Crippen LogP contribution >= 0.6 is 0 Å². The lowest BCUT2D eigenvalue weighted by atomic mass is 9.76. The van der Waals surface area contributed by atoms with Gasteiger partial charge in [-0.05, 0) is 41.4 Å². The zero-order chi connectivity index (χ0) is 23.2. The van der Waals surface area contributed by atoms with Crippen LogP contribution < -0.4 is 4.74 Å². The van der Waals surface area contributed by atoms with Crippen LogP contribution in [0.25, 0.3) is 20.9 Å². The molecule has 2 N–H and O–H groups in total. The lowest BCUT2D eigenvalue weighted by molar-refractivity contribution is 0.0223. The molecule has 2 aliphatic rings. The van der Waals surface area contributed by atoms with Crippen molar-refractivity contribution in [3.05, 3.63) is 103 Å². The van der Waals surface area contributed by atoms with Crippen molar-refractivity contribution in [3.8, 4) is 23.0 Å². The molecule has 2 heterocycles. The average Bonchev–Trinajstić information content (AvgIpc) is 3.11. The highest BCUT2D eigenvalue weighted by Crippen LogP contribution is 2.59. The Hall–Kier alpha value is -4.85. The van der Waals surface area contributed by atoms with Crippen LogP contribution in [-0.2, 0) is 23.4 Å². The standard InChI is InChI=1S/C22H14N6O5/c23-27-25-9-12-17(29)7-5-15-19(12)32-20-13(10-26-28-24)18(30)8-6-16(20)22(15)14-4-2-1-3-11(14)21(31)33-22/h1-8,29-30H,9-10H2. The van der Waals surface area contributed by atoms with Gasteiger partial charge >= 0.3 is 5.97 Å². The predicted molar refractivity (Wildman–Crippen MR) is 114 cm³/mol. The third-order valence-electron chi connectivity index (χ3n) is 5.79. The molecule has 2 aliphatic heterocycles. The Balaban J connectivity index is 1.91. The minimum absolute atomic E-state index is 0.118. The van der Waals surface area contributed by atoms with Crippen molar-refractivity contribution in [3.63, 3.8) is 0 Å². The van der Waals surface area contributed by atoms with Crippen molar-refractivity contribution in [2.24, 2.45) is 10.2 Å². The molecule has 11 heteroatoms. The van der Waals surface area contributed by atoms with E-state index in [1.54, 1.807) is 36.4 Å². The van der Waals surface area contributed by atoms with Gasteiger partial charge in [-0.25, -0.2) is 4.79 Å². The van der Waals surface area contributed by atoms with Crippen LogP contribution in [0.2, 0.25) is 0 Å². The van der Waals surface area contributed by atoms with Gasteiger partial charge in [0.25, 0.3) is 0 Å². The van der Waals surface area contributed by atoms with Crippen molar-refractivity contribution < 1.29 is 24.5 Å². The van der Waals surface area contributed by atoms with Gasteiger partial charge in [-0.1, -0.05) is 28.4 Å². The normalized spacial score (nSPS) is 17.0. The number of fused-ring (bicyclic) bond motifs is 6. The Kier molecular flexibility index (Phi) is 4.49. The summed E-state index contributed by atoms with van der Waals surface area (Å²) >= 11 is 0. The maximum absolute atomic E-state index is 12.9. The molecule has 1 spiro atoms. The van der Waals surface area contributed by atoms with Crippen molar-refractivity contribution in [2.45, 2.75) is 18.7 Å². The van der Waals surface area contributed by atoms with E-state index in [1.165, 1.54) is 12.1 Å². The summed E-state index contributed by atoms with van der Waals surface area (Å²) in [6.45, 7) is -0.478. The number of carbonyl (C=O) groups excluding carboxylic acids is 1. The first-order valence-corrected chi connectivity index (χ1v) is 9.76. The van der Waals surface area contributed by atoms with E-state index in [4.69, 9.17) is 20.5 Å². The number of hydrogen-bond donors (Lipinski definition) is 2. The maximum Gasteiger partial charge on any atom is 0.340 e. The Morgan fingerprint density at radius 2 is 1.36 bits per heavy atom. The van der Waals surface area contributed by atoms with Crippen LogP contribution in [0.3, 0.4) is 0 Å². The number of aromatic hydroxyl groups is 2. The summed E-state index contributed by atoms with van der Waals surface area (Å²) < 4.78 is 12.2. The Bertz CT molecular complexity index is 1360. The second kappa shape index (κ2) is 7.38. The van der Waals surface area contributed by atoms with Gasteiger partial charge in [0.2, 0.25) is 0 Å². The molecule has 3 aromatic rings. The number of rotatable bonds is 4. The Morgan fingerprint density at radius 1 is 0.818 bits per heavy atom. The monoisotopic (exact) mass is 442 g/mol. The lowest BCUT2D eigenvalue weighted by Crippen LogP contribution is -2.33. The zero-order valence-electron chi connectivity index (χ0n) is 16.8. The third kappa shape index (κ3) is 2.74. The molecule has 0 bridgehead atoms. The van der Waals surface area contributed by atoms with Gasteiger partial charge in [-0.2, -0.15) is 0 Å². The van der Waals surface area contributed by atoms with Gasteiger partial charge in [0.05, 0.1) is 18.7 Å². The number of esters is 1. The molecule has 0 aromatic heterocycles. The molecule has 0 aliphatic carbocycles. The summed E-state index contributed by atoms with van der Waals surface area (Å²) in [4.78, 5) is 18.4. The molecule has 0 fully saturated rings. The van der Waals surface area contributed by atoms with Gasteiger partial charge in [-0.3, -0.25) is 0 Å². The van der Waals surface area contributed by atoms with E-state index in [2.05, 4.69) is 20.1 Å². The van der Waals surface area contributed by atoms with E-state index in [1.807, 2.05) is 0 Å². The first-order chi connectivity index (χ1) is 16.0. The summed E-state index contributed by atoms with van der Waals surface area (Å²) in [5.41, 5.74) is 18.2. The van der Waals surface area contributed by atoms with Crippen LogP contribution in [0.4, 0.5) is 0 Å². The van der Waals surface area contributed by atoms with Crippen molar-refractivity contribution in [1.82, 2.24) is 0 Å². The van der Waals surface area contributed by atoms with E-state index >= 15 is 0 Å². The fourth-order valence-corrected chi connectivity index (χ4v) is 4.40. The quantitative estimate of drug-likeness (QED) is 0.241. The SMILES string of the molecule is [N-]=[N+]=NCc1c(O)ccc2c1Oc1c(ccc(O)c1CN=[N+]=[N-])C21OC(=O)c2ccccc21. The number of ether oxygens (including phenoxy) is 2. The number of phenolic OH excluding ortho intramolecular Hbond substituents is 2. The minimum atomic E-state index is -1.46. The summed E-state index contributed by atoms with van der Waals surface area (Å²) in [5.74, 6) is -0.693. The molecule has 0 atom stereocenters. The topological polar surface area (TPSA) is 174 Å². The number of azide groups is 2. The third-order valence-corrected chi connectivity index (χ3v) is 5.79. The molecule has 0 saturated heterocycles. The highest BCUT2D eigenvalue weighted by molar-refractivity contribution is 5.97. The highest BCUT2D eigenvalue weighted by Gasteiger charge is 2.54. The first-order valence-electron chi connectivity index (χ1n) is 9.76. The lowest BCUT2D eigenvalue weighted by Gasteiger charge is -2.38. The van der Waals surface area contributed by atoms with Gasteiger partial charge in [0, 0.05) is 37.6 Å². The second-order valence-corrected chi connectivity index (χ2v) is 7.38. The molecule has 0 radical (unpaired) electrons. The van der Waals surface area contributed by atoms with Crippen LogP contribution in [0.5, 0.6) is 23.0 Å². The zero-order valence-corrected chi connectivity index (χ0v) is 16.8. The largest absolute Gasteiger partial charge is 0.508 e. The minimum Gasteiger partial charge on any atom is -0.508 e. The fraction of sp³-hybridized carbons (Fsp3) is 0.136. The molecule has 0 saturated carbocycles. The van der Waals surface area contributed by atoms with E-state index < -0.39 is 11.6 Å². The molecular formula is C22H14N6O5. The van der Waals surface area contributed by atoms with Crippen LogP contribution in [-0.4, -0.2) is 16.2 Å². The number of phenols is 2. The summed E-state index contributed by atoms with van der Waals surface area (Å²) in [7, 11) is 0. The van der Waals surface area contributed by atoms with E-state index in [0.717, 1.165) is 0 Å². The first kappa shape index (κ1) is 20.1. The van der Waals surface area contributed by atoms with E-state index in [9.17, 15) is 15.0 Å². The van der Waals surface area contributed by atoms with Gasteiger partial charge in [-0.15, -0.1) is 0 Å². The molecule has 33 heavy (non-hydrogen) atoms. The van der Waals surface area contributed by atoms with Crippen molar-refractivity contribution >= 4 is 5.97 Å². The van der Waals surface area contributed by atoms with Gasteiger partial charge in [0.15, 0.2) is 5.60 Å². The summed E-state index contributed by atoms with van der Waals surface area (Å²) in [6, 6.07) is 12.8. The average molecular weight is 442 g/mol. The summed E-state index contributed by atoms with van der Waals surface area (Å²) in [6.07, 6.45) is 0. The van der Waals surface area contributed by atoms with Crippen LogP contribution in [0.1, 0.15) is 38.2 Å². The molecule has 0 unspecified atom stereocenters. The smallest absolute Gasteiger partial charge is 0.340 e. The van der Waals surface area contributed by atoms with Gasteiger partial charge < -0.3 is 19.7 Å². The molecule has 11 nitrogen and oxygen atoms in total. The molecule has 0 amide bonds. The van der Waals surface area contributed by atoms with Crippen molar-refractivity contribution in [1.29, 1.82) is 0 Å². The second-order valence-electron chi connectivity index (χ2n) is 7.38. The number of hydrogen-bond acceptors (Lipinski definition) is 7. The van der Waals surface area contributed by atoms with Gasteiger partial charge in [0.1, 0.15) is 23.0 Å². The summed E-state index contributed by atoms with van der Waals surface area (Å²) in [5, 5.41) is 28.1. The Labute approximate surface area is 185 Å². The van der Waals surface area contributed by atoms with Crippen molar-refractivity contribution in [2.75, 3.05) is 0 Å². The molecule has 5 rings (SSSR count). The maximum atomic E-state index is 12.9. The number of carbonyl (C=O) groups is 1. The predicted octanol–water partition coefficient (Wildman–Crippen LogP) is 5.29. The van der Waals surface area contributed by atoms with E-state index in [0.29, 0.717) is 22.3 Å². The number of benzene rings is 3. The molecule has 162 valence electrons.